The molecule has 0 bridgehead atoms. The summed E-state index contributed by atoms with van der Waals surface area (Å²) in [6.45, 7) is 12.5. The number of hydrogen-bond acceptors (Lipinski definition) is 1. The number of rotatable bonds is 7. The Bertz CT molecular complexity index is 791. The Balaban J connectivity index is 2.09. The van der Waals surface area contributed by atoms with Crippen LogP contribution in [0.2, 0.25) is 0 Å². The number of nitrogens with zero attached hydrogens (tertiary/aromatic N) is 2. The highest BCUT2D eigenvalue weighted by molar-refractivity contribution is 6.48. The number of allylic oxidation sites excluding steroid dienone is 2. The van der Waals surface area contributed by atoms with E-state index in [0.29, 0.717) is 6.42 Å². The number of halogens is 2. The van der Waals surface area contributed by atoms with E-state index in [2.05, 4.69) is 34.6 Å². The van der Waals surface area contributed by atoms with E-state index >= 15 is 4.32 Å². The van der Waals surface area contributed by atoms with Crippen LogP contribution in [0.25, 0.3) is 5.57 Å². The molecule has 0 aliphatic carbocycles. The third kappa shape index (κ3) is 3.07. The van der Waals surface area contributed by atoms with Crippen molar-refractivity contribution in [2.45, 2.75) is 86.1 Å². The van der Waals surface area contributed by atoms with Crippen LogP contribution in [-0.2, 0) is 6.42 Å². The molecule has 3 rings (SSSR count). The Kier molecular flexibility index (Phi) is 5.88. The van der Waals surface area contributed by atoms with Gasteiger partial charge in [-0.2, -0.15) is 0 Å². The number of fused-ring (bicyclic) bond motifs is 2. The highest BCUT2D eigenvalue weighted by atomic mass is 19.1. The van der Waals surface area contributed by atoms with Crippen molar-refractivity contribution in [3.63, 3.8) is 0 Å². The minimum absolute atomic E-state index is 0.0988. The molecule has 0 aromatic carbocycles. The van der Waals surface area contributed by atoms with Crippen LogP contribution in [0.15, 0.2) is 16.8 Å². The molecule has 0 radical (unpaired) electrons. The quantitative estimate of drug-likeness (QED) is 0.410. The van der Waals surface area contributed by atoms with Crippen molar-refractivity contribution < 1.29 is 8.71 Å². The van der Waals surface area contributed by atoms with Crippen LogP contribution in [0.5, 0.6) is 0 Å². The van der Waals surface area contributed by atoms with Gasteiger partial charge in [-0.15, -0.1) is 0 Å². The fourth-order valence-electron chi connectivity index (χ4n) is 5.19. The smallest absolute Gasteiger partial charge is 0.360 e. The van der Waals surface area contributed by atoms with E-state index in [1.165, 1.54) is 27.8 Å². The lowest BCUT2D eigenvalue weighted by Crippen LogP contribution is -2.48. The van der Waals surface area contributed by atoms with Crippen LogP contribution in [-0.4, -0.2) is 29.3 Å². The number of alkyl halides is 1. The van der Waals surface area contributed by atoms with Crippen molar-refractivity contribution in [1.82, 2.24) is 9.29 Å². The van der Waals surface area contributed by atoms with Gasteiger partial charge in [-0.05, 0) is 94.6 Å². The van der Waals surface area contributed by atoms with Gasteiger partial charge in [0.15, 0.2) is 0 Å². The first-order valence-corrected chi connectivity index (χ1v) is 10.5. The summed E-state index contributed by atoms with van der Waals surface area (Å²) in [6.07, 6.45) is 5.56. The molecule has 2 aliphatic heterocycles. The average molecular weight is 374 g/mol. The monoisotopic (exact) mass is 374 g/mol. The minimum atomic E-state index is -1.17. The number of unbranched alkanes of at least 4 members (excludes halogenated alkanes) is 2. The zero-order valence-electron chi connectivity index (χ0n) is 17.8. The summed E-state index contributed by atoms with van der Waals surface area (Å²) in [4.78, 5) is 1.97. The summed E-state index contributed by atoms with van der Waals surface area (Å²) in [5, 5.41) is 0. The second-order valence-electron chi connectivity index (χ2n) is 8.17. The summed E-state index contributed by atoms with van der Waals surface area (Å²) in [5.74, 6) is 0. The summed E-state index contributed by atoms with van der Waals surface area (Å²) in [5.41, 5.74) is 9.31. The fraction of sp³-hybridized carbons (Fsp3) is 0.636. The Labute approximate surface area is 163 Å². The van der Waals surface area contributed by atoms with Gasteiger partial charge < -0.3 is 9.29 Å². The van der Waals surface area contributed by atoms with Gasteiger partial charge in [-0.3, -0.25) is 8.71 Å². The van der Waals surface area contributed by atoms with E-state index < -0.39 is 7.26 Å². The third-order valence-electron chi connectivity index (χ3n) is 6.63. The largest absolute Gasteiger partial charge is 0.592 e. The summed E-state index contributed by atoms with van der Waals surface area (Å²) in [7, 11) is -1.17. The molecule has 148 valence electrons. The van der Waals surface area contributed by atoms with Gasteiger partial charge in [0.05, 0.1) is 6.67 Å². The van der Waals surface area contributed by atoms with E-state index in [1.54, 1.807) is 0 Å². The molecule has 5 heteroatoms. The van der Waals surface area contributed by atoms with Crippen molar-refractivity contribution >= 4 is 12.8 Å². The SMILES string of the molecule is CCCCC1=C(C)C2=C(C)c3c(C)c(CCCCF)c(C)n3B(F)N2C1C. The lowest BCUT2D eigenvalue weighted by Gasteiger charge is -2.35. The van der Waals surface area contributed by atoms with Gasteiger partial charge >= 0.3 is 7.26 Å². The second kappa shape index (κ2) is 7.85. The van der Waals surface area contributed by atoms with Crippen molar-refractivity contribution in [2.24, 2.45) is 0 Å². The van der Waals surface area contributed by atoms with Crippen LogP contribution in [0.4, 0.5) is 8.71 Å². The Morgan fingerprint density at radius 1 is 1.00 bits per heavy atom. The Morgan fingerprint density at radius 3 is 2.33 bits per heavy atom. The molecule has 0 saturated carbocycles. The van der Waals surface area contributed by atoms with Gasteiger partial charge in [0, 0.05) is 23.1 Å². The van der Waals surface area contributed by atoms with E-state index in [-0.39, 0.29) is 12.7 Å². The highest BCUT2D eigenvalue weighted by Gasteiger charge is 2.46. The molecule has 1 atom stereocenters. The molecule has 1 aromatic rings. The molecule has 0 spiro atoms. The molecule has 0 N–H and O–H groups in total. The van der Waals surface area contributed by atoms with E-state index in [4.69, 9.17) is 0 Å². The van der Waals surface area contributed by atoms with Gasteiger partial charge in [-0.25, -0.2) is 0 Å². The van der Waals surface area contributed by atoms with Gasteiger partial charge in [0.2, 0.25) is 0 Å². The van der Waals surface area contributed by atoms with Gasteiger partial charge in [0.25, 0.3) is 0 Å². The lowest BCUT2D eigenvalue weighted by molar-refractivity contribution is 0.431. The number of hydrogen-bond donors (Lipinski definition) is 0. The van der Waals surface area contributed by atoms with Crippen LogP contribution in [0.3, 0.4) is 0 Å². The summed E-state index contributed by atoms with van der Waals surface area (Å²) < 4.78 is 30.2. The van der Waals surface area contributed by atoms with E-state index in [1.807, 2.05) is 16.2 Å². The normalized spacial score (nSPS) is 19.3. The first kappa shape index (κ1) is 20.2. The second-order valence-corrected chi connectivity index (χ2v) is 8.17. The first-order chi connectivity index (χ1) is 12.9. The van der Waals surface area contributed by atoms with E-state index in [9.17, 15) is 4.39 Å². The molecule has 1 unspecified atom stereocenters. The van der Waals surface area contributed by atoms with E-state index in [0.717, 1.165) is 49.2 Å². The van der Waals surface area contributed by atoms with Crippen LogP contribution in [0.1, 0.15) is 82.3 Å². The minimum Gasteiger partial charge on any atom is -0.360 e. The molecule has 27 heavy (non-hydrogen) atoms. The molecular formula is C22H33BF2N2. The molecule has 0 amide bonds. The van der Waals surface area contributed by atoms with Crippen molar-refractivity contribution in [1.29, 1.82) is 0 Å². The lowest BCUT2D eigenvalue weighted by atomic mass is 9.89. The van der Waals surface area contributed by atoms with Crippen LogP contribution in [0, 0.1) is 13.8 Å². The zero-order chi connectivity index (χ0) is 19.9. The number of aromatic nitrogens is 1. The van der Waals surface area contributed by atoms with Crippen molar-refractivity contribution in [3.8, 4) is 0 Å². The van der Waals surface area contributed by atoms with Gasteiger partial charge in [-0.1, -0.05) is 13.3 Å². The van der Waals surface area contributed by atoms with Crippen LogP contribution < -0.4 is 0 Å². The van der Waals surface area contributed by atoms with Crippen LogP contribution >= 0.6 is 0 Å². The average Bonchev–Trinajstić information content (AvgIpc) is 3.04. The maximum absolute atomic E-state index is 15.8. The maximum Gasteiger partial charge on any atom is 0.592 e. The summed E-state index contributed by atoms with van der Waals surface area (Å²) in [6, 6.07) is 0.0988. The van der Waals surface area contributed by atoms with Gasteiger partial charge in [0.1, 0.15) is 0 Å². The topological polar surface area (TPSA) is 8.17 Å². The van der Waals surface area contributed by atoms with Crippen molar-refractivity contribution in [3.05, 3.63) is 39.4 Å². The predicted molar refractivity (Wildman–Crippen MR) is 111 cm³/mol. The highest BCUT2D eigenvalue weighted by Crippen LogP contribution is 2.46. The summed E-state index contributed by atoms with van der Waals surface area (Å²) >= 11 is 0. The predicted octanol–water partition coefficient (Wildman–Crippen LogP) is 6.16. The fourth-order valence-corrected chi connectivity index (χ4v) is 5.19. The molecule has 0 fully saturated rings. The molecule has 1 aromatic heterocycles. The van der Waals surface area contributed by atoms with Crippen molar-refractivity contribution in [2.75, 3.05) is 6.67 Å². The molecule has 2 nitrogen and oxygen atoms in total. The zero-order valence-corrected chi connectivity index (χ0v) is 17.8. The molecular weight excluding hydrogens is 341 g/mol. The Morgan fingerprint density at radius 2 is 1.70 bits per heavy atom. The standard InChI is InChI=1S/C22H33BF2N2/c1-7-8-11-19-14(2)21-16(4)22-15(3)20(12-9-10-13-24)18(6)27(22)23(25)26(21)17(19)5/h17H,7-13H2,1-6H3. The molecule has 0 saturated heterocycles. The molecule has 3 heterocycles. The molecule has 2 aliphatic rings. The first-order valence-electron chi connectivity index (χ1n) is 10.5. The Hall–Kier alpha value is -1.52. The maximum atomic E-state index is 15.8. The third-order valence-corrected chi connectivity index (χ3v) is 6.63.